The molecule has 3 rings (SSSR count). The van der Waals surface area contributed by atoms with Crippen LogP contribution in [0.25, 0.3) is 0 Å². The summed E-state index contributed by atoms with van der Waals surface area (Å²) in [6, 6.07) is 9.01. The molecule has 1 fully saturated rings. The highest BCUT2D eigenvalue weighted by atomic mass is 19.1. The van der Waals surface area contributed by atoms with Gasteiger partial charge in [0.15, 0.2) is 0 Å². The lowest BCUT2D eigenvalue weighted by atomic mass is 9.92. The maximum atomic E-state index is 14.2. The maximum absolute atomic E-state index is 14.2. The number of aryl methyl sites for hydroxylation is 1. The minimum Gasteiger partial charge on any atom is -0.496 e. The second-order valence-electron chi connectivity index (χ2n) is 6.77. The standard InChI is InChI=1S/C20H21F2NO2/c1-12-4-7-18(25-3)15(8-12)19(24)23-11-20(10-13(20)2)16-6-5-14(21)9-17(16)22/h4-9,13H,10-11H2,1-3H3,(H,23,24). The van der Waals surface area contributed by atoms with Crippen molar-refractivity contribution in [3.8, 4) is 5.75 Å². The summed E-state index contributed by atoms with van der Waals surface area (Å²) in [5, 5.41) is 2.90. The molecule has 0 heterocycles. The van der Waals surface area contributed by atoms with Gasteiger partial charge in [0.1, 0.15) is 17.4 Å². The van der Waals surface area contributed by atoms with Crippen LogP contribution in [0.1, 0.15) is 34.8 Å². The molecule has 2 unspecified atom stereocenters. The lowest BCUT2D eigenvalue weighted by Gasteiger charge is -2.19. The fourth-order valence-corrected chi connectivity index (χ4v) is 3.43. The summed E-state index contributed by atoms with van der Waals surface area (Å²) in [6.45, 7) is 4.20. The van der Waals surface area contributed by atoms with E-state index < -0.39 is 17.0 Å². The van der Waals surface area contributed by atoms with E-state index in [4.69, 9.17) is 4.74 Å². The van der Waals surface area contributed by atoms with Gasteiger partial charge in [0, 0.05) is 18.0 Å². The smallest absolute Gasteiger partial charge is 0.255 e. The van der Waals surface area contributed by atoms with E-state index in [1.54, 1.807) is 12.1 Å². The Hall–Kier alpha value is -2.43. The van der Waals surface area contributed by atoms with E-state index in [1.807, 2.05) is 19.9 Å². The molecule has 5 heteroatoms. The van der Waals surface area contributed by atoms with Crippen molar-refractivity contribution in [2.24, 2.45) is 5.92 Å². The molecule has 2 aromatic rings. The van der Waals surface area contributed by atoms with E-state index >= 15 is 0 Å². The van der Waals surface area contributed by atoms with Crippen molar-refractivity contribution in [3.05, 3.63) is 64.7 Å². The highest BCUT2D eigenvalue weighted by molar-refractivity contribution is 5.97. The van der Waals surface area contributed by atoms with Crippen molar-refractivity contribution in [1.82, 2.24) is 5.32 Å². The molecule has 1 amide bonds. The summed E-state index contributed by atoms with van der Waals surface area (Å²) in [7, 11) is 1.51. The number of benzene rings is 2. The third kappa shape index (κ3) is 3.23. The average Bonchev–Trinajstić information content (AvgIpc) is 3.23. The Bertz CT molecular complexity index is 821. The van der Waals surface area contributed by atoms with Crippen LogP contribution in [0.5, 0.6) is 5.75 Å². The van der Waals surface area contributed by atoms with Crippen molar-refractivity contribution < 1.29 is 18.3 Å². The molecule has 1 aliphatic carbocycles. The lowest BCUT2D eigenvalue weighted by Crippen LogP contribution is -2.34. The summed E-state index contributed by atoms with van der Waals surface area (Å²) in [5.74, 6) is -0.715. The Labute approximate surface area is 146 Å². The van der Waals surface area contributed by atoms with Gasteiger partial charge in [-0.3, -0.25) is 4.79 Å². The van der Waals surface area contributed by atoms with Gasteiger partial charge in [-0.15, -0.1) is 0 Å². The molecule has 2 aromatic carbocycles. The third-order valence-corrected chi connectivity index (χ3v) is 5.09. The van der Waals surface area contributed by atoms with E-state index in [-0.39, 0.29) is 11.8 Å². The van der Waals surface area contributed by atoms with Gasteiger partial charge >= 0.3 is 0 Å². The number of halogens is 2. The largest absolute Gasteiger partial charge is 0.496 e. The minimum absolute atomic E-state index is 0.215. The molecule has 0 bridgehead atoms. The Morgan fingerprint density at radius 2 is 2.00 bits per heavy atom. The second kappa shape index (κ2) is 6.47. The lowest BCUT2D eigenvalue weighted by molar-refractivity contribution is 0.0945. The molecule has 0 aromatic heterocycles. The first-order chi connectivity index (χ1) is 11.9. The highest BCUT2D eigenvalue weighted by Crippen LogP contribution is 2.54. The van der Waals surface area contributed by atoms with Gasteiger partial charge < -0.3 is 10.1 Å². The third-order valence-electron chi connectivity index (χ3n) is 5.09. The van der Waals surface area contributed by atoms with Crippen molar-refractivity contribution in [1.29, 1.82) is 0 Å². The maximum Gasteiger partial charge on any atom is 0.255 e. The van der Waals surface area contributed by atoms with Crippen LogP contribution in [0.3, 0.4) is 0 Å². The minimum atomic E-state index is -0.599. The monoisotopic (exact) mass is 345 g/mol. The molecule has 1 aliphatic rings. The molecule has 1 N–H and O–H groups in total. The Balaban J connectivity index is 1.80. The van der Waals surface area contributed by atoms with Gasteiger partial charge in [-0.1, -0.05) is 24.6 Å². The van der Waals surface area contributed by atoms with Crippen LogP contribution in [0, 0.1) is 24.5 Å². The summed E-state index contributed by atoms with van der Waals surface area (Å²) in [6.07, 6.45) is 0.751. The van der Waals surface area contributed by atoms with Crippen molar-refractivity contribution in [2.75, 3.05) is 13.7 Å². The Morgan fingerprint density at radius 3 is 2.60 bits per heavy atom. The molecule has 25 heavy (non-hydrogen) atoms. The predicted octanol–water partition coefficient (Wildman–Crippen LogP) is 3.99. The summed E-state index contributed by atoms with van der Waals surface area (Å²) in [4.78, 5) is 12.6. The predicted molar refractivity (Wildman–Crippen MR) is 91.9 cm³/mol. The average molecular weight is 345 g/mol. The molecular formula is C20H21F2NO2. The van der Waals surface area contributed by atoms with Crippen LogP contribution < -0.4 is 10.1 Å². The Morgan fingerprint density at radius 1 is 1.28 bits per heavy atom. The number of hydrogen-bond acceptors (Lipinski definition) is 2. The number of amides is 1. The number of rotatable bonds is 5. The molecule has 0 radical (unpaired) electrons. The molecule has 0 aliphatic heterocycles. The zero-order valence-electron chi connectivity index (χ0n) is 14.5. The number of carbonyl (C=O) groups excluding carboxylic acids is 1. The van der Waals surface area contributed by atoms with E-state index in [9.17, 15) is 13.6 Å². The van der Waals surface area contributed by atoms with Crippen molar-refractivity contribution in [3.63, 3.8) is 0 Å². The number of ether oxygens (including phenoxy) is 1. The van der Waals surface area contributed by atoms with Gasteiger partial charge in [0.2, 0.25) is 0 Å². The first-order valence-corrected chi connectivity index (χ1v) is 8.26. The fraction of sp³-hybridized carbons (Fsp3) is 0.350. The molecule has 3 nitrogen and oxygen atoms in total. The zero-order chi connectivity index (χ0) is 18.2. The number of carbonyl (C=O) groups is 1. The summed E-state index contributed by atoms with van der Waals surface area (Å²) in [5.41, 5.74) is 1.37. The van der Waals surface area contributed by atoms with E-state index in [1.165, 1.54) is 19.2 Å². The van der Waals surface area contributed by atoms with E-state index in [2.05, 4.69) is 5.32 Å². The highest BCUT2D eigenvalue weighted by Gasteiger charge is 2.53. The SMILES string of the molecule is COc1ccc(C)cc1C(=O)NCC1(c2ccc(F)cc2F)CC1C. The van der Waals surface area contributed by atoms with Crippen LogP contribution in [-0.2, 0) is 5.41 Å². The van der Waals surface area contributed by atoms with Crippen molar-refractivity contribution in [2.45, 2.75) is 25.7 Å². The topological polar surface area (TPSA) is 38.3 Å². The van der Waals surface area contributed by atoms with E-state index in [0.717, 1.165) is 18.1 Å². The molecule has 0 spiro atoms. The van der Waals surface area contributed by atoms with Crippen LogP contribution in [-0.4, -0.2) is 19.6 Å². The molecule has 0 saturated heterocycles. The number of hydrogen-bond donors (Lipinski definition) is 1. The first kappa shape index (κ1) is 17.4. The van der Waals surface area contributed by atoms with Gasteiger partial charge in [0.05, 0.1) is 12.7 Å². The molecular weight excluding hydrogens is 324 g/mol. The van der Waals surface area contributed by atoms with Crippen LogP contribution in [0.2, 0.25) is 0 Å². The fourth-order valence-electron chi connectivity index (χ4n) is 3.43. The normalized spacial score (nSPS) is 21.7. The van der Waals surface area contributed by atoms with Gasteiger partial charge in [-0.05, 0) is 43.0 Å². The van der Waals surface area contributed by atoms with Crippen LogP contribution in [0.4, 0.5) is 8.78 Å². The van der Waals surface area contributed by atoms with Gasteiger partial charge in [-0.2, -0.15) is 0 Å². The second-order valence-corrected chi connectivity index (χ2v) is 6.77. The van der Waals surface area contributed by atoms with Gasteiger partial charge in [-0.25, -0.2) is 8.78 Å². The van der Waals surface area contributed by atoms with Crippen LogP contribution in [0.15, 0.2) is 36.4 Å². The van der Waals surface area contributed by atoms with Crippen molar-refractivity contribution >= 4 is 5.91 Å². The number of nitrogens with one attached hydrogen (secondary N) is 1. The first-order valence-electron chi connectivity index (χ1n) is 8.26. The quantitative estimate of drug-likeness (QED) is 0.890. The molecule has 2 atom stereocenters. The summed E-state index contributed by atoms with van der Waals surface area (Å²) >= 11 is 0. The van der Waals surface area contributed by atoms with Crippen LogP contribution >= 0.6 is 0 Å². The molecule has 132 valence electrons. The Kier molecular flexibility index (Phi) is 4.50. The zero-order valence-corrected chi connectivity index (χ0v) is 14.5. The summed E-state index contributed by atoms with van der Waals surface area (Å²) < 4.78 is 32.6. The molecule has 1 saturated carbocycles. The van der Waals surface area contributed by atoms with E-state index in [0.29, 0.717) is 23.4 Å². The van der Waals surface area contributed by atoms with Gasteiger partial charge in [0.25, 0.3) is 5.91 Å². The number of methoxy groups -OCH3 is 1.